The molecular weight excluding hydrogens is 224 g/mol. The van der Waals surface area contributed by atoms with Crippen LogP contribution < -0.4 is 0 Å². The number of rotatable bonds is 2. The first-order valence-electron chi connectivity index (χ1n) is 3.25. The highest BCUT2D eigenvalue weighted by Crippen LogP contribution is 2.42. The average molecular weight is 229 g/mol. The van der Waals surface area contributed by atoms with E-state index in [1.807, 2.05) is 0 Å². The van der Waals surface area contributed by atoms with Crippen LogP contribution in [-0.4, -0.2) is 18.3 Å². The molecule has 0 bridgehead atoms. The lowest BCUT2D eigenvalue weighted by Gasteiger charge is -2.23. The van der Waals surface area contributed by atoms with Gasteiger partial charge in [-0.1, -0.05) is 6.92 Å². The Bertz CT molecular complexity index is 187. The van der Waals surface area contributed by atoms with Crippen LogP contribution in [0.2, 0.25) is 0 Å². The fraction of sp³-hybridized carbons (Fsp3) is 0.833. The third kappa shape index (κ3) is 3.30. The standard InChI is InChI=1S/C6H5F8/c1-3(5(9,10)11)2-4(7,8)6(12,13)14/h2-3H,1H3. The Hall–Kier alpha value is -0.560. The first kappa shape index (κ1) is 13.4. The molecule has 85 valence electrons. The van der Waals surface area contributed by atoms with Crippen molar-refractivity contribution in [2.24, 2.45) is 5.92 Å². The lowest BCUT2D eigenvalue weighted by atomic mass is 10.0. The molecule has 0 spiro atoms. The Morgan fingerprint density at radius 1 is 0.857 bits per heavy atom. The van der Waals surface area contributed by atoms with Gasteiger partial charge in [0.2, 0.25) is 0 Å². The molecule has 0 aliphatic carbocycles. The summed E-state index contributed by atoms with van der Waals surface area (Å²) in [6, 6.07) is 0. The number of halogens is 8. The summed E-state index contributed by atoms with van der Waals surface area (Å²) in [6.45, 7) is 0.222. The van der Waals surface area contributed by atoms with Gasteiger partial charge in [0, 0.05) is 0 Å². The largest absolute Gasteiger partial charge is 0.453 e. The summed E-state index contributed by atoms with van der Waals surface area (Å²) in [5, 5.41) is 0. The van der Waals surface area contributed by atoms with Gasteiger partial charge in [0.05, 0.1) is 12.3 Å². The molecule has 0 heterocycles. The van der Waals surface area contributed by atoms with E-state index < -0.39 is 30.6 Å². The lowest BCUT2D eigenvalue weighted by molar-refractivity contribution is -0.276. The van der Waals surface area contributed by atoms with Crippen molar-refractivity contribution < 1.29 is 35.1 Å². The molecule has 0 aromatic rings. The zero-order chi connectivity index (χ0) is 11.8. The minimum Gasteiger partial charge on any atom is -0.196 e. The number of hydrogen-bond donors (Lipinski definition) is 0. The van der Waals surface area contributed by atoms with Crippen LogP contribution in [0.5, 0.6) is 0 Å². The second-order valence-corrected chi connectivity index (χ2v) is 2.62. The van der Waals surface area contributed by atoms with Gasteiger partial charge in [0.25, 0.3) is 0 Å². The Morgan fingerprint density at radius 2 is 1.21 bits per heavy atom. The summed E-state index contributed by atoms with van der Waals surface area (Å²) in [7, 11) is 0. The molecule has 14 heavy (non-hydrogen) atoms. The summed E-state index contributed by atoms with van der Waals surface area (Å²) < 4.78 is 93.3. The SMILES string of the molecule is CC([CH]C(F)(F)C(F)(F)F)C(F)(F)F. The van der Waals surface area contributed by atoms with Gasteiger partial charge in [-0.2, -0.15) is 35.1 Å². The van der Waals surface area contributed by atoms with Crippen LogP contribution in [0, 0.1) is 12.3 Å². The predicted molar refractivity (Wildman–Crippen MR) is 30.5 cm³/mol. The van der Waals surface area contributed by atoms with Crippen molar-refractivity contribution >= 4 is 0 Å². The van der Waals surface area contributed by atoms with Crippen LogP contribution in [0.25, 0.3) is 0 Å². The Kier molecular flexibility index (Phi) is 3.40. The third-order valence-corrected chi connectivity index (χ3v) is 1.35. The van der Waals surface area contributed by atoms with E-state index in [1.165, 1.54) is 0 Å². The van der Waals surface area contributed by atoms with Gasteiger partial charge in [-0.15, -0.1) is 0 Å². The van der Waals surface area contributed by atoms with Crippen LogP contribution >= 0.6 is 0 Å². The van der Waals surface area contributed by atoms with Gasteiger partial charge in [-0.3, -0.25) is 0 Å². The molecule has 0 aromatic carbocycles. The zero-order valence-electron chi connectivity index (χ0n) is 6.68. The maximum atomic E-state index is 12.0. The molecule has 0 fully saturated rings. The molecule has 0 aliphatic heterocycles. The van der Waals surface area contributed by atoms with Gasteiger partial charge in [0.1, 0.15) is 0 Å². The monoisotopic (exact) mass is 229 g/mol. The molecule has 0 rings (SSSR count). The number of hydrogen-bond acceptors (Lipinski definition) is 0. The minimum absolute atomic E-state index is 0.222. The van der Waals surface area contributed by atoms with Crippen molar-refractivity contribution in [3.05, 3.63) is 6.42 Å². The van der Waals surface area contributed by atoms with Gasteiger partial charge in [0.15, 0.2) is 0 Å². The highest BCUT2D eigenvalue weighted by Gasteiger charge is 2.60. The van der Waals surface area contributed by atoms with E-state index in [2.05, 4.69) is 0 Å². The Balaban J connectivity index is 4.53. The van der Waals surface area contributed by atoms with Crippen LogP contribution in [0.4, 0.5) is 35.1 Å². The molecule has 0 amide bonds. The molecule has 0 saturated heterocycles. The first-order chi connectivity index (χ1) is 5.88. The molecule has 0 saturated carbocycles. The summed E-state index contributed by atoms with van der Waals surface area (Å²) in [5.41, 5.74) is 0. The number of alkyl halides is 8. The van der Waals surface area contributed by atoms with Gasteiger partial charge >= 0.3 is 18.3 Å². The Morgan fingerprint density at radius 3 is 1.43 bits per heavy atom. The first-order valence-corrected chi connectivity index (χ1v) is 3.25. The molecule has 1 atom stereocenters. The van der Waals surface area contributed by atoms with Crippen molar-refractivity contribution in [2.45, 2.75) is 25.2 Å². The van der Waals surface area contributed by atoms with Crippen molar-refractivity contribution in [1.29, 1.82) is 0 Å². The fourth-order valence-electron chi connectivity index (χ4n) is 0.503. The topological polar surface area (TPSA) is 0 Å². The van der Waals surface area contributed by atoms with Crippen LogP contribution in [0.3, 0.4) is 0 Å². The highest BCUT2D eigenvalue weighted by atomic mass is 19.4. The van der Waals surface area contributed by atoms with E-state index in [0.717, 1.165) is 0 Å². The van der Waals surface area contributed by atoms with Crippen LogP contribution in [-0.2, 0) is 0 Å². The molecule has 8 heteroatoms. The summed E-state index contributed by atoms with van der Waals surface area (Å²) in [5.74, 6) is -8.25. The molecule has 1 radical (unpaired) electrons. The third-order valence-electron chi connectivity index (χ3n) is 1.35. The second kappa shape index (κ2) is 3.54. The molecule has 0 nitrogen and oxygen atoms in total. The molecule has 1 unspecified atom stereocenters. The lowest BCUT2D eigenvalue weighted by Crippen LogP contribution is -2.41. The van der Waals surface area contributed by atoms with Crippen LogP contribution in [0.1, 0.15) is 6.92 Å². The van der Waals surface area contributed by atoms with Gasteiger partial charge < -0.3 is 0 Å². The van der Waals surface area contributed by atoms with E-state index >= 15 is 0 Å². The van der Waals surface area contributed by atoms with Gasteiger partial charge in [-0.25, -0.2) is 0 Å². The molecular formula is C6H5F8. The summed E-state index contributed by atoms with van der Waals surface area (Å²) >= 11 is 0. The highest BCUT2D eigenvalue weighted by molar-refractivity contribution is 4.95. The minimum atomic E-state index is -5.99. The smallest absolute Gasteiger partial charge is 0.196 e. The van der Waals surface area contributed by atoms with Crippen molar-refractivity contribution in [1.82, 2.24) is 0 Å². The Labute approximate surface area is 73.9 Å². The molecule has 0 aliphatic rings. The second-order valence-electron chi connectivity index (χ2n) is 2.62. The quantitative estimate of drug-likeness (QED) is 0.635. The maximum absolute atomic E-state index is 12.0. The maximum Gasteiger partial charge on any atom is 0.453 e. The van der Waals surface area contributed by atoms with E-state index in [4.69, 9.17) is 0 Å². The van der Waals surface area contributed by atoms with Gasteiger partial charge in [-0.05, 0) is 0 Å². The normalized spacial score (nSPS) is 16.9. The van der Waals surface area contributed by atoms with Crippen molar-refractivity contribution in [3.8, 4) is 0 Å². The average Bonchev–Trinajstić information content (AvgIpc) is 1.80. The summed E-state index contributed by atoms with van der Waals surface area (Å²) in [4.78, 5) is 0. The zero-order valence-corrected chi connectivity index (χ0v) is 6.68. The van der Waals surface area contributed by atoms with E-state index in [0.29, 0.717) is 0 Å². The van der Waals surface area contributed by atoms with E-state index in [9.17, 15) is 35.1 Å². The van der Waals surface area contributed by atoms with Crippen molar-refractivity contribution in [2.75, 3.05) is 0 Å². The van der Waals surface area contributed by atoms with E-state index in [-0.39, 0.29) is 6.92 Å². The summed E-state index contributed by atoms with van der Waals surface area (Å²) in [6.07, 6.45) is -12.2. The molecule has 0 N–H and O–H groups in total. The predicted octanol–water partition coefficient (Wildman–Crippen LogP) is 3.59. The van der Waals surface area contributed by atoms with E-state index in [1.54, 1.807) is 0 Å². The van der Waals surface area contributed by atoms with Crippen molar-refractivity contribution in [3.63, 3.8) is 0 Å². The fourth-order valence-corrected chi connectivity index (χ4v) is 0.503. The van der Waals surface area contributed by atoms with Crippen LogP contribution in [0.15, 0.2) is 0 Å². The molecule has 0 aromatic heterocycles.